The van der Waals surface area contributed by atoms with Crippen LogP contribution in [0.2, 0.25) is 0 Å². The topological polar surface area (TPSA) is 69.6 Å². The molecule has 2 N–H and O–H groups in total. The van der Waals surface area contributed by atoms with E-state index >= 15 is 0 Å². The van der Waals surface area contributed by atoms with Crippen molar-refractivity contribution in [1.29, 1.82) is 0 Å². The van der Waals surface area contributed by atoms with Gasteiger partial charge in [0.2, 0.25) is 0 Å². The van der Waals surface area contributed by atoms with Gasteiger partial charge in [0.05, 0.1) is 11.3 Å². The fraction of sp³-hybridized carbons (Fsp3) is 0.500. The number of amides is 2. The number of hydrogen-bond donors (Lipinski definition) is 2. The number of carboxylic acids is 1. The molecule has 2 rings (SSSR count). The Morgan fingerprint density at radius 1 is 1.38 bits per heavy atom. The van der Waals surface area contributed by atoms with Crippen LogP contribution < -0.4 is 5.32 Å². The van der Waals surface area contributed by atoms with Crippen LogP contribution in [0.1, 0.15) is 48.5 Å². The van der Waals surface area contributed by atoms with Crippen molar-refractivity contribution in [3.63, 3.8) is 0 Å². The van der Waals surface area contributed by atoms with Crippen molar-refractivity contribution in [2.75, 3.05) is 11.9 Å². The van der Waals surface area contributed by atoms with Gasteiger partial charge in [0.1, 0.15) is 0 Å². The Hall–Kier alpha value is -2.04. The van der Waals surface area contributed by atoms with E-state index in [4.69, 9.17) is 0 Å². The van der Waals surface area contributed by atoms with E-state index in [9.17, 15) is 14.7 Å². The zero-order valence-corrected chi connectivity index (χ0v) is 12.6. The maximum atomic E-state index is 12.4. The van der Waals surface area contributed by atoms with Gasteiger partial charge in [-0.3, -0.25) is 0 Å². The summed E-state index contributed by atoms with van der Waals surface area (Å²) in [5, 5.41) is 12.0. The molecule has 1 saturated carbocycles. The van der Waals surface area contributed by atoms with Crippen molar-refractivity contribution in [3.8, 4) is 0 Å². The van der Waals surface area contributed by atoms with Crippen molar-refractivity contribution < 1.29 is 14.7 Å². The maximum absolute atomic E-state index is 12.4. The average molecular weight is 290 g/mol. The van der Waals surface area contributed by atoms with Gasteiger partial charge in [-0.2, -0.15) is 0 Å². The molecular weight excluding hydrogens is 268 g/mol. The lowest BCUT2D eigenvalue weighted by Crippen LogP contribution is -2.38. The molecule has 2 amide bonds. The molecule has 21 heavy (non-hydrogen) atoms. The van der Waals surface area contributed by atoms with Crippen molar-refractivity contribution >= 4 is 17.7 Å². The van der Waals surface area contributed by atoms with Gasteiger partial charge in [-0.1, -0.05) is 25.5 Å². The van der Waals surface area contributed by atoms with Crippen molar-refractivity contribution in [3.05, 3.63) is 29.3 Å². The Morgan fingerprint density at radius 3 is 2.67 bits per heavy atom. The Kier molecular flexibility index (Phi) is 4.83. The van der Waals surface area contributed by atoms with Crippen LogP contribution in [0.3, 0.4) is 0 Å². The smallest absolute Gasteiger partial charge is 0.337 e. The molecule has 0 aromatic heterocycles. The van der Waals surface area contributed by atoms with Gasteiger partial charge >= 0.3 is 12.0 Å². The molecule has 0 unspecified atom stereocenters. The summed E-state index contributed by atoms with van der Waals surface area (Å²) in [5.41, 5.74) is 1.29. The number of anilines is 1. The molecule has 1 aliphatic carbocycles. The number of urea groups is 1. The average Bonchev–Trinajstić information content (AvgIpc) is 3.26. The molecule has 0 radical (unpaired) electrons. The van der Waals surface area contributed by atoms with Crippen LogP contribution in [0.5, 0.6) is 0 Å². The van der Waals surface area contributed by atoms with Crippen molar-refractivity contribution in [2.45, 2.75) is 45.6 Å². The zero-order valence-electron chi connectivity index (χ0n) is 12.6. The van der Waals surface area contributed by atoms with Gasteiger partial charge in [0.15, 0.2) is 0 Å². The van der Waals surface area contributed by atoms with Crippen LogP contribution in [0, 0.1) is 6.92 Å². The summed E-state index contributed by atoms with van der Waals surface area (Å²) in [4.78, 5) is 25.6. The normalized spacial score (nSPS) is 13.8. The van der Waals surface area contributed by atoms with E-state index in [0.717, 1.165) is 37.8 Å². The lowest BCUT2D eigenvalue weighted by atomic mass is 10.1. The predicted octanol–water partition coefficient (Wildman–Crippen LogP) is 3.49. The number of carbonyl (C=O) groups is 2. The molecule has 1 aliphatic rings. The molecule has 1 aromatic rings. The number of nitrogens with one attached hydrogen (secondary N) is 1. The van der Waals surface area contributed by atoms with Gasteiger partial charge in [0.25, 0.3) is 0 Å². The van der Waals surface area contributed by atoms with Crippen LogP contribution in [0.25, 0.3) is 0 Å². The van der Waals surface area contributed by atoms with Crippen LogP contribution in [-0.4, -0.2) is 34.6 Å². The van der Waals surface area contributed by atoms with Crippen LogP contribution in [0.15, 0.2) is 18.2 Å². The fourth-order valence-electron chi connectivity index (χ4n) is 2.36. The fourth-order valence-corrected chi connectivity index (χ4v) is 2.36. The molecule has 114 valence electrons. The molecule has 0 saturated heterocycles. The first kappa shape index (κ1) is 15.4. The summed E-state index contributed by atoms with van der Waals surface area (Å²) < 4.78 is 0. The number of aryl methyl sites for hydroxylation is 1. The highest BCUT2D eigenvalue weighted by Gasteiger charge is 2.32. The van der Waals surface area contributed by atoms with Crippen molar-refractivity contribution in [2.24, 2.45) is 0 Å². The molecule has 0 aliphatic heterocycles. The van der Waals surface area contributed by atoms with Gasteiger partial charge < -0.3 is 15.3 Å². The summed E-state index contributed by atoms with van der Waals surface area (Å²) in [7, 11) is 0. The number of unbranched alkanes of at least 4 members (excludes halogenated alkanes) is 1. The number of para-hydroxylation sites is 1. The molecule has 0 atom stereocenters. The summed E-state index contributed by atoms with van der Waals surface area (Å²) in [6, 6.07) is 5.12. The maximum Gasteiger partial charge on any atom is 0.337 e. The van der Waals surface area contributed by atoms with E-state index in [1.165, 1.54) is 6.07 Å². The highest BCUT2D eigenvalue weighted by atomic mass is 16.4. The largest absolute Gasteiger partial charge is 0.478 e. The van der Waals surface area contributed by atoms with Crippen molar-refractivity contribution in [1.82, 2.24) is 4.90 Å². The Balaban J connectivity index is 2.16. The summed E-state index contributed by atoms with van der Waals surface area (Å²) in [6.07, 6.45) is 4.07. The minimum atomic E-state index is -1.03. The number of benzene rings is 1. The number of carboxylic acid groups (broad SMARTS) is 1. The quantitative estimate of drug-likeness (QED) is 0.842. The van der Waals surface area contributed by atoms with E-state index in [-0.39, 0.29) is 11.6 Å². The lowest BCUT2D eigenvalue weighted by molar-refractivity contribution is 0.0698. The molecule has 0 bridgehead atoms. The number of hydrogen-bond acceptors (Lipinski definition) is 2. The van der Waals surface area contributed by atoms with Gasteiger partial charge in [0, 0.05) is 12.6 Å². The van der Waals surface area contributed by atoms with Crippen LogP contribution >= 0.6 is 0 Å². The Labute approximate surface area is 125 Å². The van der Waals surface area contributed by atoms with E-state index < -0.39 is 5.97 Å². The second-order valence-corrected chi connectivity index (χ2v) is 5.51. The third kappa shape index (κ3) is 3.74. The van der Waals surface area contributed by atoms with E-state index in [1.807, 2.05) is 4.90 Å². The van der Waals surface area contributed by atoms with Gasteiger partial charge in [-0.25, -0.2) is 9.59 Å². The molecule has 0 spiro atoms. The van der Waals surface area contributed by atoms with Crippen LogP contribution in [0.4, 0.5) is 10.5 Å². The van der Waals surface area contributed by atoms with Gasteiger partial charge in [-0.05, 0) is 37.8 Å². The first-order chi connectivity index (χ1) is 10.0. The predicted molar refractivity (Wildman–Crippen MR) is 81.8 cm³/mol. The molecule has 1 fully saturated rings. The monoisotopic (exact) mass is 290 g/mol. The number of carbonyl (C=O) groups excluding carboxylic acids is 1. The Morgan fingerprint density at radius 2 is 2.10 bits per heavy atom. The third-order valence-corrected chi connectivity index (χ3v) is 3.74. The number of nitrogens with zero attached hydrogens (tertiary/aromatic N) is 1. The standard InChI is InChI=1S/C16H22N2O3/c1-3-4-10-18(12-8-9-12)16(21)17-14-11(2)6-5-7-13(14)15(19)20/h5-7,12H,3-4,8-10H2,1-2H3,(H,17,21)(H,19,20). The van der Waals surface area contributed by atoms with E-state index in [0.29, 0.717) is 11.7 Å². The molecular formula is C16H22N2O3. The number of aromatic carboxylic acids is 1. The molecule has 0 heterocycles. The van der Waals surface area contributed by atoms with Gasteiger partial charge in [-0.15, -0.1) is 0 Å². The highest BCUT2D eigenvalue weighted by Crippen LogP contribution is 2.29. The number of rotatable bonds is 6. The minimum absolute atomic E-state index is 0.134. The lowest BCUT2D eigenvalue weighted by Gasteiger charge is -2.23. The molecule has 5 nitrogen and oxygen atoms in total. The second-order valence-electron chi connectivity index (χ2n) is 5.51. The Bertz CT molecular complexity index is 538. The zero-order chi connectivity index (χ0) is 15.4. The highest BCUT2D eigenvalue weighted by molar-refractivity contribution is 6.01. The van der Waals surface area contributed by atoms with E-state index in [2.05, 4.69) is 12.2 Å². The first-order valence-corrected chi connectivity index (χ1v) is 7.45. The third-order valence-electron chi connectivity index (χ3n) is 3.74. The SMILES string of the molecule is CCCCN(C(=O)Nc1c(C)cccc1C(=O)O)C1CC1. The first-order valence-electron chi connectivity index (χ1n) is 7.45. The second kappa shape index (κ2) is 6.61. The minimum Gasteiger partial charge on any atom is -0.478 e. The summed E-state index contributed by atoms with van der Waals surface area (Å²) in [5.74, 6) is -1.03. The molecule has 1 aromatic carbocycles. The van der Waals surface area contributed by atoms with Crippen LogP contribution in [-0.2, 0) is 0 Å². The summed E-state index contributed by atoms with van der Waals surface area (Å²) >= 11 is 0. The molecule has 5 heteroatoms. The van der Waals surface area contributed by atoms with E-state index in [1.54, 1.807) is 19.1 Å². The summed E-state index contributed by atoms with van der Waals surface area (Å²) in [6.45, 7) is 4.61.